The van der Waals surface area contributed by atoms with Crippen LogP contribution in [-0.2, 0) is 9.59 Å². The zero-order valence-corrected chi connectivity index (χ0v) is 12.9. The lowest BCUT2D eigenvalue weighted by atomic mass is 10.1. The van der Waals surface area contributed by atoms with Crippen molar-refractivity contribution in [2.24, 2.45) is 0 Å². The molecule has 6 heteroatoms. The van der Waals surface area contributed by atoms with Crippen molar-refractivity contribution in [2.45, 2.75) is 45.6 Å². The summed E-state index contributed by atoms with van der Waals surface area (Å²) < 4.78 is 0. The molecule has 3 N–H and O–H groups in total. The minimum atomic E-state index is -1.04. The van der Waals surface area contributed by atoms with Gasteiger partial charge in [0.2, 0.25) is 5.91 Å². The average Bonchev–Trinajstić information content (AvgIpc) is 2.51. The van der Waals surface area contributed by atoms with Crippen molar-refractivity contribution >= 4 is 23.5 Å². The number of carboxylic acids is 1. The Bertz CT molecular complexity index is 543. The van der Waals surface area contributed by atoms with Gasteiger partial charge in [-0.05, 0) is 24.6 Å². The Morgan fingerprint density at radius 2 is 1.95 bits per heavy atom. The number of anilines is 1. The van der Waals surface area contributed by atoms with Gasteiger partial charge < -0.3 is 15.7 Å². The maximum atomic E-state index is 12.1. The van der Waals surface area contributed by atoms with Gasteiger partial charge in [0.05, 0.1) is 0 Å². The first-order valence-electron chi connectivity index (χ1n) is 7.41. The van der Waals surface area contributed by atoms with Crippen LogP contribution < -0.4 is 10.6 Å². The minimum absolute atomic E-state index is 0.149. The quantitative estimate of drug-likeness (QED) is 0.687. The van der Waals surface area contributed by atoms with Gasteiger partial charge in [-0.1, -0.05) is 32.8 Å². The molecule has 0 bridgehead atoms. The van der Waals surface area contributed by atoms with E-state index in [2.05, 4.69) is 10.6 Å². The molecule has 0 aliphatic rings. The Morgan fingerprint density at radius 3 is 2.55 bits per heavy atom. The highest BCUT2D eigenvalue weighted by atomic mass is 16.4. The van der Waals surface area contributed by atoms with E-state index in [4.69, 9.17) is 5.11 Å². The van der Waals surface area contributed by atoms with Crippen LogP contribution in [0.15, 0.2) is 24.3 Å². The van der Waals surface area contributed by atoms with Gasteiger partial charge in [-0.3, -0.25) is 9.59 Å². The fourth-order valence-corrected chi connectivity index (χ4v) is 1.89. The number of carbonyl (C=O) groups excluding carboxylic acids is 2. The minimum Gasteiger partial charge on any atom is -0.480 e. The lowest BCUT2D eigenvalue weighted by Crippen LogP contribution is -2.40. The Hall–Kier alpha value is -2.37. The van der Waals surface area contributed by atoms with Crippen molar-refractivity contribution in [3.63, 3.8) is 0 Å². The largest absolute Gasteiger partial charge is 0.480 e. The molecule has 2 amide bonds. The molecule has 0 aromatic heterocycles. The van der Waals surface area contributed by atoms with Gasteiger partial charge in [-0.15, -0.1) is 0 Å². The van der Waals surface area contributed by atoms with Crippen LogP contribution in [0.5, 0.6) is 0 Å². The number of rotatable bonds is 8. The van der Waals surface area contributed by atoms with Gasteiger partial charge in [0.15, 0.2) is 0 Å². The van der Waals surface area contributed by atoms with Crippen molar-refractivity contribution in [3.05, 3.63) is 29.8 Å². The summed E-state index contributed by atoms with van der Waals surface area (Å²) in [4.78, 5) is 34.7. The van der Waals surface area contributed by atoms with E-state index in [1.165, 1.54) is 6.07 Å². The highest BCUT2D eigenvalue weighted by Crippen LogP contribution is 2.12. The topological polar surface area (TPSA) is 95.5 Å². The van der Waals surface area contributed by atoms with Crippen LogP contribution in [0.1, 0.15) is 49.9 Å². The number of carbonyl (C=O) groups is 3. The highest BCUT2D eigenvalue weighted by molar-refractivity contribution is 5.98. The maximum Gasteiger partial charge on any atom is 0.326 e. The highest BCUT2D eigenvalue weighted by Gasteiger charge is 2.20. The molecule has 6 nitrogen and oxygen atoms in total. The fourth-order valence-electron chi connectivity index (χ4n) is 1.89. The molecule has 1 aromatic rings. The molecule has 0 spiro atoms. The van der Waals surface area contributed by atoms with Crippen molar-refractivity contribution in [3.8, 4) is 0 Å². The van der Waals surface area contributed by atoms with E-state index in [1.54, 1.807) is 25.1 Å². The molecule has 1 atom stereocenters. The zero-order valence-electron chi connectivity index (χ0n) is 12.9. The molecule has 1 rings (SSSR count). The summed E-state index contributed by atoms with van der Waals surface area (Å²) in [5.74, 6) is -1.66. The smallest absolute Gasteiger partial charge is 0.326 e. The second-order valence-corrected chi connectivity index (χ2v) is 4.99. The summed E-state index contributed by atoms with van der Waals surface area (Å²) >= 11 is 0. The van der Waals surface area contributed by atoms with Crippen molar-refractivity contribution < 1.29 is 19.5 Å². The first kappa shape index (κ1) is 17.7. The number of hydrogen-bond donors (Lipinski definition) is 3. The van der Waals surface area contributed by atoms with Gasteiger partial charge in [0.1, 0.15) is 6.04 Å². The number of benzene rings is 1. The van der Waals surface area contributed by atoms with Gasteiger partial charge in [-0.2, -0.15) is 0 Å². The third-order valence-corrected chi connectivity index (χ3v) is 3.18. The lowest BCUT2D eigenvalue weighted by molar-refractivity contribution is -0.139. The Morgan fingerprint density at radius 1 is 1.23 bits per heavy atom. The monoisotopic (exact) mass is 306 g/mol. The van der Waals surface area contributed by atoms with Crippen molar-refractivity contribution in [2.75, 3.05) is 5.32 Å². The SMILES string of the molecule is CCCCC(NC(=O)c1cccc(NC(=O)CC)c1)C(=O)O. The molecule has 0 saturated heterocycles. The Balaban J connectivity index is 2.77. The molecule has 1 unspecified atom stereocenters. The molecule has 0 aliphatic heterocycles. The number of carboxylic acid groups (broad SMARTS) is 1. The molecule has 0 aliphatic carbocycles. The number of nitrogens with one attached hydrogen (secondary N) is 2. The van der Waals surface area contributed by atoms with E-state index in [1.807, 2.05) is 6.92 Å². The summed E-state index contributed by atoms with van der Waals surface area (Å²) in [6.45, 7) is 3.69. The van der Waals surface area contributed by atoms with E-state index in [0.29, 0.717) is 24.1 Å². The number of amides is 2. The van der Waals surface area contributed by atoms with E-state index in [-0.39, 0.29) is 5.91 Å². The summed E-state index contributed by atoms with van der Waals surface area (Å²) in [6.07, 6.45) is 2.32. The molecule has 0 heterocycles. The fraction of sp³-hybridized carbons (Fsp3) is 0.438. The predicted molar refractivity (Wildman–Crippen MR) is 83.8 cm³/mol. The van der Waals surface area contributed by atoms with E-state index >= 15 is 0 Å². The summed E-state index contributed by atoms with van der Waals surface area (Å²) in [7, 11) is 0. The van der Waals surface area contributed by atoms with Crippen LogP contribution >= 0.6 is 0 Å². The van der Waals surface area contributed by atoms with Crippen LogP contribution in [0.2, 0.25) is 0 Å². The van der Waals surface area contributed by atoms with Gasteiger partial charge in [0, 0.05) is 17.7 Å². The number of aliphatic carboxylic acids is 1. The Labute approximate surface area is 129 Å². The molecule has 120 valence electrons. The third-order valence-electron chi connectivity index (χ3n) is 3.18. The first-order valence-corrected chi connectivity index (χ1v) is 7.41. The van der Waals surface area contributed by atoms with Crippen LogP contribution in [-0.4, -0.2) is 28.9 Å². The average molecular weight is 306 g/mol. The lowest BCUT2D eigenvalue weighted by Gasteiger charge is -2.14. The molecule has 1 aromatic carbocycles. The summed E-state index contributed by atoms with van der Waals surface area (Å²) in [5.41, 5.74) is 0.830. The van der Waals surface area contributed by atoms with Crippen molar-refractivity contribution in [1.29, 1.82) is 0 Å². The van der Waals surface area contributed by atoms with Crippen LogP contribution in [0.4, 0.5) is 5.69 Å². The summed E-state index contributed by atoms with van der Waals surface area (Å²) in [6, 6.07) is 5.52. The standard InChI is InChI=1S/C16H22N2O4/c1-3-5-9-13(16(21)22)18-15(20)11-7-6-8-12(10-11)17-14(19)4-2/h6-8,10,13H,3-5,9H2,1-2H3,(H,17,19)(H,18,20)(H,21,22). The molecule has 22 heavy (non-hydrogen) atoms. The second kappa shape index (κ2) is 8.81. The second-order valence-electron chi connectivity index (χ2n) is 4.99. The molecular weight excluding hydrogens is 284 g/mol. The molecule has 0 saturated carbocycles. The van der Waals surface area contributed by atoms with Gasteiger partial charge in [-0.25, -0.2) is 4.79 Å². The molecule has 0 radical (unpaired) electrons. The number of hydrogen-bond acceptors (Lipinski definition) is 3. The van der Waals surface area contributed by atoms with Gasteiger partial charge in [0.25, 0.3) is 5.91 Å². The van der Waals surface area contributed by atoms with Crippen LogP contribution in [0.3, 0.4) is 0 Å². The van der Waals surface area contributed by atoms with Gasteiger partial charge >= 0.3 is 5.97 Å². The normalized spacial score (nSPS) is 11.5. The van der Waals surface area contributed by atoms with Crippen molar-refractivity contribution in [1.82, 2.24) is 5.32 Å². The van der Waals surface area contributed by atoms with E-state index in [0.717, 1.165) is 12.8 Å². The first-order chi connectivity index (χ1) is 10.5. The third kappa shape index (κ3) is 5.55. The molecular formula is C16H22N2O4. The summed E-state index contributed by atoms with van der Waals surface area (Å²) in [5, 5.41) is 14.3. The van der Waals surface area contributed by atoms with Crippen LogP contribution in [0, 0.1) is 0 Å². The predicted octanol–water partition coefficient (Wildman–Crippen LogP) is 2.41. The number of unbranched alkanes of at least 4 members (excludes halogenated alkanes) is 1. The zero-order chi connectivity index (χ0) is 16.5. The van der Waals surface area contributed by atoms with E-state index < -0.39 is 17.9 Å². The van der Waals surface area contributed by atoms with Crippen LogP contribution in [0.25, 0.3) is 0 Å². The van der Waals surface area contributed by atoms with E-state index in [9.17, 15) is 14.4 Å². The maximum absolute atomic E-state index is 12.1. The Kier molecular flexibility index (Phi) is 7.08. The molecule has 0 fully saturated rings.